The second kappa shape index (κ2) is 15.1. The van der Waals surface area contributed by atoms with Crippen LogP contribution in [0.3, 0.4) is 0 Å². The standard InChI is InChI=1S/C34H41FN2O6S2/c1-4-6-17-34(18-7-5-2)22-37(24-13-9-8-10-14-24)27-19-29(44-3)28(20-30(27)45(41,42)23-34)43-21-31(38)36-32(33(39)40)25-15-11-12-16-26(25)35/h8-16,19-20,32H,4-7,17-18,21-23H2,1-3H3,(H,36,38)(H,39,40). The fourth-order valence-electron chi connectivity index (χ4n) is 5.91. The van der Waals surface area contributed by atoms with E-state index in [-0.39, 0.29) is 22.0 Å². The van der Waals surface area contributed by atoms with E-state index in [0.717, 1.165) is 50.3 Å². The number of fused-ring (bicyclic) bond motifs is 1. The Morgan fingerprint density at radius 1 is 1.04 bits per heavy atom. The van der Waals surface area contributed by atoms with E-state index in [1.165, 1.54) is 36.0 Å². The van der Waals surface area contributed by atoms with Gasteiger partial charge in [0.25, 0.3) is 5.91 Å². The number of anilines is 2. The molecule has 3 aromatic carbocycles. The number of hydrogen-bond donors (Lipinski definition) is 2. The number of nitrogens with zero attached hydrogens (tertiary/aromatic N) is 1. The van der Waals surface area contributed by atoms with E-state index in [1.807, 2.05) is 36.6 Å². The first-order valence-corrected chi connectivity index (χ1v) is 18.1. The number of para-hydroxylation sites is 1. The van der Waals surface area contributed by atoms with Crippen molar-refractivity contribution in [1.82, 2.24) is 5.32 Å². The van der Waals surface area contributed by atoms with Gasteiger partial charge in [0.2, 0.25) is 0 Å². The van der Waals surface area contributed by atoms with Gasteiger partial charge in [0.05, 0.1) is 21.2 Å². The highest BCUT2D eigenvalue weighted by molar-refractivity contribution is 7.98. The molecule has 3 aromatic rings. The lowest BCUT2D eigenvalue weighted by molar-refractivity contribution is -0.142. The van der Waals surface area contributed by atoms with Crippen LogP contribution in [0.15, 0.2) is 76.5 Å². The average molecular weight is 657 g/mol. The number of carbonyl (C=O) groups is 2. The summed E-state index contributed by atoms with van der Waals surface area (Å²) in [5, 5.41) is 12.0. The van der Waals surface area contributed by atoms with E-state index in [9.17, 15) is 27.5 Å². The van der Waals surface area contributed by atoms with Crippen molar-refractivity contribution < 1.29 is 32.2 Å². The quantitative estimate of drug-likeness (QED) is 0.176. The maximum absolute atomic E-state index is 14.3. The van der Waals surface area contributed by atoms with Gasteiger partial charge < -0.3 is 20.1 Å². The number of amides is 1. The van der Waals surface area contributed by atoms with Crippen LogP contribution in [0.5, 0.6) is 5.75 Å². The fourth-order valence-corrected chi connectivity index (χ4v) is 8.57. The SMILES string of the molecule is CCCCC1(CCCC)CN(c2ccccc2)c2cc(SC)c(OCC(=O)NC(C(=O)O)c3ccccc3F)cc2S(=O)(=O)C1. The first-order chi connectivity index (χ1) is 21.5. The molecular weight excluding hydrogens is 616 g/mol. The zero-order chi connectivity index (χ0) is 32.6. The average Bonchev–Trinajstić information content (AvgIpc) is 3.12. The second-order valence-corrected chi connectivity index (χ2v) is 14.3. The normalized spacial score (nSPS) is 15.9. The molecule has 0 aliphatic carbocycles. The van der Waals surface area contributed by atoms with Crippen LogP contribution in [-0.2, 0) is 19.4 Å². The molecule has 0 saturated heterocycles. The zero-order valence-corrected chi connectivity index (χ0v) is 27.6. The van der Waals surface area contributed by atoms with Gasteiger partial charge in [0.15, 0.2) is 22.5 Å². The first kappa shape index (κ1) is 34.3. The van der Waals surface area contributed by atoms with Crippen LogP contribution in [0.25, 0.3) is 0 Å². The highest BCUT2D eigenvalue weighted by atomic mass is 32.2. The Labute approximate surface area is 269 Å². The summed E-state index contributed by atoms with van der Waals surface area (Å²) < 4.78 is 48.6. The Hall–Kier alpha value is -3.57. The predicted octanol–water partition coefficient (Wildman–Crippen LogP) is 7.16. The molecule has 0 aromatic heterocycles. The topological polar surface area (TPSA) is 113 Å². The molecule has 2 N–H and O–H groups in total. The van der Waals surface area contributed by atoms with Crippen molar-refractivity contribution in [1.29, 1.82) is 0 Å². The number of unbranched alkanes of at least 4 members (excludes halogenated alkanes) is 2. The Balaban J connectivity index is 1.71. The van der Waals surface area contributed by atoms with Gasteiger partial charge in [-0.05, 0) is 43.4 Å². The minimum atomic E-state index is -3.80. The molecule has 1 aliphatic heterocycles. The lowest BCUT2D eigenvalue weighted by atomic mass is 9.79. The van der Waals surface area contributed by atoms with Crippen molar-refractivity contribution >= 4 is 44.9 Å². The van der Waals surface area contributed by atoms with Crippen molar-refractivity contribution in [2.75, 3.05) is 30.1 Å². The molecule has 45 heavy (non-hydrogen) atoms. The lowest BCUT2D eigenvalue weighted by Crippen LogP contribution is -2.38. The molecular formula is C34H41FN2O6S2. The molecule has 0 fully saturated rings. The molecule has 1 unspecified atom stereocenters. The van der Waals surface area contributed by atoms with Crippen LogP contribution >= 0.6 is 11.8 Å². The molecule has 0 bridgehead atoms. The molecule has 4 rings (SSSR count). The first-order valence-electron chi connectivity index (χ1n) is 15.2. The van der Waals surface area contributed by atoms with E-state index in [2.05, 4.69) is 24.1 Å². The predicted molar refractivity (Wildman–Crippen MR) is 176 cm³/mol. The zero-order valence-electron chi connectivity index (χ0n) is 25.9. The number of carbonyl (C=O) groups excluding carboxylic acids is 1. The van der Waals surface area contributed by atoms with Crippen LogP contribution < -0.4 is 15.0 Å². The minimum absolute atomic E-state index is 0.00218. The van der Waals surface area contributed by atoms with E-state index < -0.39 is 45.6 Å². The van der Waals surface area contributed by atoms with Gasteiger partial charge in [-0.15, -0.1) is 11.8 Å². The van der Waals surface area contributed by atoms with E-state index in [4.69, 9.17) is 4.74 Å². The fraction of sp³-hybridized carbons (Fsp3) is 0.412. The summed E-state index contributed by atoms with van der Waals surface area (Å²) in [6.07, 6.45) is 7.16. The van der Waals surface area contributed by atoms with Crippen LogP contribution in [-0.4, -0.2) is 50.6 Å². The van der Waals surface area contributed by atoms with Gasteiger partial charge in [-0.2, -0.15) is 0 Å². The number of aliphatic carboxylic acids is 1. The molecule has 0 saturated carbocycles. The number of sulfone groups is 1. The van der Waals surface area contributed by atoms with Crippen LogP contribution in [0.4, 0.5) is 15.8 Å². The largest absolute Gasteiger partial charge is 0.483 e. The Morgan fingerprint density at radius 3 is 2.29 bits per heavy atom. The monoisotopic (exact) mass is 656 g/mol. The van der Waals surface area contributed by atoms with Crippen LogP contribution in [0.2, 0.25) is 0 Å². The summed E-state index contributed by atoms with van der Waals surface area (Å²) in [4.78, 5) is 27.6. The molecule has 0 spiro atoms. The highest BCUT2D eigenvalue weighted by Gasteiger charge is 2.42. The lowest BCUT2D eigenvalue weighted by Gasteiger charge is -2.37. The van der Waals surface area contributed by atoms with Crippen molar-refractivity contribution in [3.8, 4) is 5.75 Å². The number of halogens is 1. The maximum Gasteiger partial charge on any atom is 0.331 e. The summed E-state index contributed by atoms with van der Waals surface area (Å²) >= 11 is 1.35. The summed E-state index contributed by atoms with van der Waals surface area (Å²) in [5.74, 6) is -2.79. The van der Waals surface area contributed by atoms with Gasteiger partial charge in [0.1, 0.15) is 11.6 Å². The molecule has 1 heterocycles. The van der Waals surface area contributed by atoms with Gasteiger partial charge in [-0.1, -0.05) is 75.9 Å². The van der Waals surface area contributed by atoms with Crippen molar-refractivity contribution in [2.24, 2.45) is 5.41 Å². The molecule has 242 valence electrons. The number of rotatable bonds is 14. The van der Waals surface area contributed by atoms with Gasteiger partial charge in [0, 0.05) is 29.3 Å². The molecule has 0 radical (unpaired) electrons. The summed E-state index contributed by atoms with van der Waals surface area (Å²) in [5.41, 5.74) is 0.803. The number of ether oxygens (including phenoxy) is 1. The Kier molecular flexibility index (Phi) is 11.5. The summed E-state index contributed by atoms with van der Waals surface area (Å²) in [6, 6.07) is 16.7. The summed E-state index contributed by atoms with van der Waals surface area (Å²) in [6.45, 7) is 4.18. The molecule has 8 nitrogen and oxygen atoms in total. The molecule has 11 heteroatoms. The van der Waals surface area contributed by atoms with Crippen molar-refractivity contribution in [2.45, 2.75) is 68.2 Å². The van der Waals surface area contributed by atoms with Crippen LogP contribution in [0.1, 0.15) is 64.0 Å². The summed E-state index contributed by atoms with van der Waals surface area (Å²) in [7, 11) is -3.80. The third-order valence-electron chi connectivity index (χ3n) is 8.18. The number of thioether (sulfide) groups is 1. The molecule has 1 aliphatic rings. The molecule has 1 atom stereocenters. The number of hydrogen-bond acceptors (Lipinski definition) is 7. The minimum Gasteiger partial charge on any atom is -0.483 e. The Bertz CT molecular complexity index is 1590. The van der Waals surface area contributed by atoms with Gasteiger partial charge >= 0.3 is 5.97 Å². The molecule has 1 amide bonds. The van der Waals surface area contributed by atoms with Crippen LogP contribution in [0, 0.1) is 11.2 Å². The van der Waals surface area contributed by atoms with Gasteiger partial charge in [-0.3, -0.25) is 4.79 Å². The second-order valence-electron chi connectivity index (χ2n) is 11.5. The third kappa shape index (κ3) is 8.18. The van der Waals surface area contributed by atoms with E-state index in [1.54, 1.807) is 6.07 Å². The number of benzene rings is 3. The number of nitrogens with one attached hydrogen (secondary N) is 1. The smallest absolute Gasteiger partial charge is 0.331 e. The third-order valence-corrected chi connectivity index (χ3v) is 10.9. The number of carboxylic acid groups (broad SMARTS) is 1. The van der Waals surface area contributed by atoms with E-state index in [0.29, 0.717) is 17.1 Å². The number of carboxylic acids is 1. The highest BCUT2D eigenvalue weighted by Crippen LogP contribution is 2.47. The Morgan fingerprint density at radius 2 is 1.69 bits per heavy atom. The maximum atomic E-state index is 14.3. The van der Waals surface area contributed by atoms with E-state index >= 15 is 0 Å². The van der Waals surface area contributed by atoms with Gasteiger partial charge in [-0.25, -0.2) is 17.6 Å². The van der Waals surface area contributed by atoms with Crippen molar-refractivity contribution in [3.05, 3.63) is 78.1 Å². The van der Waals surface area contributed by atoms with Crippen molar-refractivity contribution in [3.63, 3.8) is 0 Å².